The molecule has 19 heavy (non-hydrogen) atoms. The van der Waals surface area contributed by atoms with E-state index in [0.717, 1.165) is 12.5 Å². The predicted octanol–water partition coefficient (Wildman–Crippen LogP) is 0.283. The standard InChI is InChI=1S/C12H16N4O3/c17-10(6-16-5-9(11(18)19)14-15-16)13-7-12(3-4-12)8-1-2-8/h5,8H,1-4,6-7H2,(H,13,17)(H,18,19). The predicted molar refractivity (Wildman–Crippen MR) is 64.4 cm³/mol. The van der Waals surface area contributed by atoms with Gasteiger partial charge in [0, 0.05) is 6.54 Å². The molecule has 2 N–H and O–H groups in total. The van der Waals surface area contributed by atoms with Crippen LogP contribution in [0.5, 0.6) is 0 Å². The van der Waals surface area contributed by atoms with E-state index in [1.807, 2.05) is 0 Å². The Labute approximate surface area is 110 Å². The Morgan fingerprint density at radius 3 is 2.74 bits per heavy atom. The van der Waals surface area contributed by atoms with Crippen molar-refractivity contribution in [1.82, 2.24) is 20.3 Å². The normalized spacial score (nSPS) is 20.0. The largest absolute Gasteiger partial charge is 0.476 e. The van der Waals surface area contributed by atoms with Crippen LogP contribution in [-0.4, -0.2) is 38.5 Å². The molecule has 1 heterocycles. The minimum Gasteiger partial charge on any atom is -0.476 e. The fourth-order valence-corrected chi connectivity index (χ4v) is 2.54. The zero-order chi connectivity index (χ0) is 13.5. The van der Waals surface area contributed by atoms with Crippen LogP contribution in [-0.2, 0) is 11.3 Å². The number of rotatable bonds is 6. The summed E-state index contributed by atoms with van der Waals surface area (Å²) >= 11 is 0. The number of amides is 1. The van der Waals surface area contributed by atoms with E-state index in [1.165, 1.54) is 36.6 Å². The number of hydrogen-bond acceptors (Lipinski definition) is 4. The molecule has 0 aromatic carbocycles. The van der Waals surface area contributed by atoms with Crippen molar-refractivity contribution in [2.45, 2.75) is 32.2 Å². The van der Waals surface area contributed by atoms with E-state index in [0.29, 0.717) is 5.41 Å². The maximum Gasteiger partial charge on any atom is 0.358 e. The molecule has 1 aromatic heterocycles. The minimum absolute atomic E-state index is 0.0149. The molecule has 7 heteroatoms. The molecule has 7 nitrogen and oxygen atoms in total. The van der Waals surface area contributed by atoms with Crippen LogP contribution < -0.4 is 5.32 Å². The highest BCUT2D eigenvalue weighted by molar-refractivity contribution is 5.84. The molecule has 2 saturated carbocycles. The van der Waals surface area contributed by atoms with E-state index in [-0.39, 0.29) is 18.1 Å². The van der Waals surface area contributed by atoms with Crippen LogP contribution in [0.1, 0.15) is 36.2 Å². The summed E-state index contributed by atoms with van der Waals surface area (Å²) in [7, 11) is 0. The van der Waals surface area contributed by atoms with Gasteiger partial charge >= 0.3 is 5.97 Å². The summed E-state index contributed by atoms with van der Waals surface area (Å²) in [5.41, 5.74) is 0.217. The number of hydrogen-bond donors (Lipinski definition) is 2. The van der Waals surface area contributed by atoms with Gasteiger partial charge in [0.05, 0.1) is 6.20 Å². The molecule has 102 valence electrons. The fraction of sp³-hybridized carbons (Fsp3) is 0.667. The van der Waals surface area contributed by atoms with Crippen LogP contribution in [0, 0.1) is 11.3 Å². The molecule has 0 saturated heterocycles. The van der Waals surface area contributed by atoms with Gasteiger partial charge < -0.3 is 10.4 Å². The van der Waals surface area contributed by atoms with E-state index in [9.17, 15) is 9.59 Å². The Morgan fingerprint density at radius 2 is 2.21 bits per heavy atom. The highest BCUT2D eigenvalue weighted by Crippen LogP contribution is 2.60. The Morgan fingerprint density at radius 1 is 1.47 bits per heavy atom. The number of carbonyl (C=O) groups is 2. The third kappa shape index (κ3) is 2.59. The van der Waals surface area contributed by atoms with Crippen molar-refractivity contribution in [3.8, 4) is 0 Å². The lowest BCUT2D eigenvalue weighted by Gasteiger charge is -2.14. The van der Waals surface area contributed by atoms with Crippen molar-refractivity contribution in [3.05, 3.63) is 11.9 Å². The molecular formula is C12H16N4O3. The first-order chi connectivity index (χ1) is 9.09. The fourth-order valence-electron chi connectivity index (χ4n) is 2.54. The molecule has 1 aromatic rings. The van der Waals surface area contributed by atoms with Gasteiger partial charge in [0.25, 0.3) is 0 Å². The third-order valence-corrected chi connectivity index (χ3v) is 4.04. The average molecular weight is 264 g/mol. The molecule has 2 aliphatic carbocycles. The van der Waals surface area contributed by atoms with Gasteiger partial charge in [0.1, 0.15) is 6.54 Å². The maximum absolute atomic E-state index is 11.8. The topological polar surface area (TPSA) is 97.1 Å². The minimum atomic E-state index is -1.14. The summed E-state index contributed by atoms with van der Waals surface area (Å²) in [6, 6.07) is 0. The molecule has 0 unspecified atom stereocenters. The monoisotopic (exact) mass is 264 g/mol. The zero-order valence-corrected chi connectivity index (χ0v) is 10.5. The maximum atomic E-state index is 11.8. The van der Waals surface area contributed by atoms with E-state index in [1.54, 1.807) is 0 Å². The molecule has 2 aliphatic rings. The summed E-state index contributed by atoms with van der Waals surface area (Å²) in [4.78, 5) is 22.4. The van der Waals surface area contributed by atoms with Crippen molar-refractivity contribution in [2.75, 3.05) is 6.54 Å². The van der Waals surface area contributed by atoms with Gasteiger partial charge in [0.15, 0.2) is 5.69 Å². The van der Waals surface area contributed by atoms with Gasteiger partial charge in [-0.2, -0.15) is 0 Å². The number of aromatic nitrogens is 3. The number of carboxylic acid groups (broad SMARTS) is 1. The van der Waals surface area contributed by atoms with Gasteiger partial charge in [-0.15, -0.1) is 5.10 Å². The van der Waals surface area contributed by atoms with Crippen LogP contribution in [0.15, 0.2) is 6.20 Å². The SMILES string of the molecule is O=C(Cn1cc(C(=O)O)nn1)NCC1(C2CC2)CC1. The van der Waals surface area contributed by atoms with E-state index in [2.05, 4.69) is 15.6 Å². The lowest BCUT2D eigenvalue weighted by atomic mass is 10.0. The van der Waals surface area contributed by atoms with Crippen molar-refractivity contribution in [1.29, 1.82) is 0 Å². The van der Waals surface area contributed by atoms with Crippen LogP contribution in [0.3, 0.4) is 0 Å². The van der Waals surface area contributed by atoms with E-state index >= 15 is 0 Å². The van der Waals surface area contributed by atoms with Crippen LogP contribution in [0.4, 0.5) is 0 Å². The number of aromatic carboxylic acids is 1. The van der Waals surface area contributed by atoms with Gasteiger partial charge in [-0.25, -0.2) is 9.48 Å². The molecule has 1 amide bonds. The van der Waals surface area contributed by atoms with Gasteiger partial charge in [-0.05, 0) is 37.0 Å². The van der Waals surface area contributed by atoms with Crippen molar-refractivity contribution in [3.63, 3.8) is 0 Å². The molecule has 0 atom stereocenters. The van der Waals surface area contributed by atoms with E-state index in [4.69, 9.17) is 5.11 Å². The molecule has 0 radical (unpaired) electrons. The second kappa shape index (κ2) is 4.32. The first kappa shape index (κ1) is 12.1. The summed E-state index contributed by atoms with van der Waals surface area (Å²) in [5, 5.41) is 18.7. The third-order valence-electron chi connectivity index (χ3n) is 4.04. The lowest BCUT2D eigenvalue weighted by Crippen LogP contribution is -2.33. The van der Waals surface area contributed by atoms with Gasteiger partial charge in [-0.1, -0.05) is 5.21 Å². The Balaban J connectivity index is 1.49. The van der Waals surface area contributed by atoms with Crippen molar-refractivity contribution in [2.24, 2.45) is 11.3 Å². The second-order valence-corrected chi connectivity index (χ2v) is 5.52. The van der Waals surface area contributed by atoms with Crippen LogP contribution in [0.2, 0.25) is 0 Å². The highest BCUT2D eigenvalue weighted by Gasteiger charge is 2.53. The molecular weight excluding hydrogens is 248 g/mol. The first-order valence-electron chi connectivity index (χ1n) is 6.49. The summed E-state index contributed by atoms with van der Waals surface area (Å²) in [5.74, 6) is -0.483. The summed E-state index contributed by atoms with van der Waals surface area (Å²) in [6.07, 6.45) is 6.27. The van der Waals surface area contributed by atoms with Crippen LogP contribution >= 0.6 is 0 Å². The Hall–Kier alpha value is -1.92. The molecule has 0 bridgehead atoms. The molecule has 3 rings (SSSR count). The van der Waals surface area contributed by atoms with Crippen molar-refractivity contribution >= 4 is 11.9 Å². The van der Waals surface area contributed by atoms with E-state index < -0.39 is 5.97 Å². The lowest BCUT2D eigenvalue weighted by molar-refractivity contribution is -0.122. The molecule has 0 aliphatic heterocycles. The average Bonchev–Trinajstić information content (AvgIpc) is 3.26. The quantitative estimate of drug-likeness (QED) is 0.769. The van der Waals surface area contributed by atoms with Gasteiger partial charge in [0.2, 0.25) is 5.91 Å². The number of nitrogens with one attached hydrogen (secondary N) is 1. The molecule has 2 fully saturated rings. The summed E-state index contributed by atoms with van der Waals surface area (Å²) < 4.78 is 1.25. The highest BCUT2D eigenvalue weighted by atomic mass is 16.4. The number of carbonyl (C=O) groups excluding carboxylic acids is 1. The second-order valence-electron chi connectivity index (χ2n) is 5.52. The summed E-state index contributed by atoms with van der Waals surface area (Å²) in [6.45, 7) is 0.748. The van der Waals surface area contributed by atoms with Crippen molar-refractivity contribution < 1.29 is 14.7 Å². The smallest absolute Gasteiger partial charge is 0.358 e. The Bertz CT molecular complexity index is 517. The zero-order valence-electron chi connectivity index (χ0n) is 10.5. The van der Waals surface area contributed by atoms with Crippen LogP contribution in [0.25, 0.3) is 0 Å². The Kier molecular flexibility index (Phi) is 2.76. The number of nitrogens with zero attached hydrogens (tertiary/aromatic N) is 3. The number of carboxylic acids is 1. The van der Waals surface area contributed by atoms with Gasteiger partial charge in [-0.3, -0.25) is 4.79 Å². The molecule has 0 spiro atoms. The first-order valence-corrected chi connectivity index (χ1v) is 6.49.